The molecule has 0 radical (unpaired) electrons. The van der Waals surface area contributed by atoms with E-state index in [2.05, 4.69) is 32.6 Å². The fourth-order valence-corrected chi connectivity index (χ4v) is 7.47. The number of morpholine rings is 1. The van der Waals surface area contributed by atoms with Gasteiger partial charge in [0.1, 0.15) is 4.91 Å². The lowest BCUT2D eigenvalue weighted by Crippen LogP contribution is -2.41. The minimum Gasteiger partial charge on any atom is -0.384 e. The van der Waals surface area contributed by atoms with Crippen LogP contribution in [0.15, 0.2) is 92.6 Å². The number of hydrogen-bond donors (Lipinski definition) is 2. The molecule has 43 heavy (non-hydrogen) atoms. The third-order valence-corrected chi connectivity index (χ3v) is 9.75. The van der Waals surface area contributed by atoms with Crippen LogP contribution >= 0.6 is 23.5 Å². The van der Waals surface area contributed by atoms with Gasteiger partial charge in [-0.05, 0) is 54.6 Å². The van der Waals surface area contributed by atoms with E-state index >= 15 is 0 Å². The van der Waals surface area contributed by atoms with Crippen LogP contribution in [-0.4, -0.2) is 73.2 Å². The molecule has 0 bridgehead atoms. The average Bonchev–Trinajstić information content (AvgIpc) is 3.51. The molecule has 0 saturated carbocycles. The van der Waals surface area contributed by atoms with E-state index in [-0.39, 0.29) is 11.8 Å². The summed E-state index contributed by atoms with van der Waals surface area (Å²) < 4.78 is 5.40. The number of benzene rings is 3. The Labute approximate surface area is 260 Å². The number of fused-ring (bicyclic) bond motifs is 1. The molecule has 2 saturated heterocycles. The van der Waals surface area contributed by atoms with Gasteiger partial charge in [-0.2, -0.15) is 0 Å². The van der Waals surface area contributed by atoms with Crippen molar-refractivity contribution in [1.82, 2.24) is 9.80 Å². The number of nitrogens with one attached hydrogen (secondary N) is 2. The van der Waals surface area contributed by atoms with Crippen molar-refractivity contribution in [3.8, 4) is 0 Å². The first-order valence-corrected chi connectivity index (χ1v) is 16.0. The normalized spacial score (nSPS) is 19.7. The van der Waals surface area contributed by atoms with Crippen LogP contribution in [0, 0.1) is 0 Å². The number of aliphatic imine (C=N–C) groups is 1. The number of carbonyl (C=O) groups is 2. The SMILES string of the molecule is CCNc1ccc(NC(=O)CN2CCOCC2)cc1/N=C1\S/C(=C2\Sc3ccccc3N2C)C(=O)N1Cc1ccccc1. The number of amides is 2. The van der Waals surface area contributed by atoms with E-state index in [4.69, 9.17) is 9.73 Å². The molecule has 3 aliphatic heterocycles. The van der Waals surface area contributed by atoms with Crippen molar-refractivity contribution < 1.29 is 14.3 Å². The van der Waals surface area contributed by atoms with Crippen LogP contribution in [0.4, 0.5) is 22.7 Å². The maximum atomic E-state index is 14.0. The summed E-state index contributed by atoms with van der Waals surface area (Å²) in [5.41, 5.74) is 4.24. The summed E-state index contributed by atoms with van der Waals surface area (Å²) in [6, 6.07) is 23.8. The molecule has 0 spiro atoms. The summed E-state index contributed by atoms with van der Waals surface area (Å²) >= 11 is 3.00. The van der Waals surface area contributed by atoms with Crippen molar-refractivity contribution in [3.05, 3.63) is 88.3 Å². The van der Waals surface area contributed by atoms with Crippen molar-refractivity contribution in [1.29, 1.82) is 0 Å². The predicted molar refractivity (Wildman–Crippen MR) is 176 cm³/mol. The zero-order chi connectivity index (χ0) is 29.8. The minimum absolute atomic E-state index is 0.0743. The molecule has 2 amide bonds. The average molecular weight is 615 g/mol. The van der Waals surface area contributed by atoms with E-state index in [0.717, 1.165) is 40.0 Å². The molecular weight excluding hydrogens is 581 g/mol. The molecule has 3 aliphatic rings. The lowest BCUT2D eigenvalue weighted by Gasteiger charge is -2.25. The van der Waals surface area contributed by atoms with Gasteiger partial charge in [0.25, 0.3) is 5.91 Å². The Kier molecular flexibility index (Phi) is 9.03. The second-order valence-corrected chi connectivity index (χ2v) is 12.3. The Morgan fingerprint density at radius 1 is 1.00 bits per heavy atom. The van der Waals surface area contributed by atoms with Gasteiger partial charge >= 0.3 is 0 Å². The quantitative estimate of drug-likeness (QED) is 0.319. The van der Waals surface area contributed by atoms with Crippen LogP contribution in [-0.2, 0) is 20.9 Å². The molecule has 2 fully saturated rings. The summed E-state index contributed by atoms with van der Waals surface area (Å²) in [6.07, 6.45) is 0. The van der Waals surface area contributed by atoms with E-state index < -0.39 is 0 Å². The molecule has 0 atom stereocenters. The molecule has 11 heteroatoms. The van der Waals surface area contributed by atoms with Crippen LogP contribution in [0.3, 0.4) is 0 Å². The Bertz CT molecular complexity index is 1570. The topological polar surface area (TPSA) is 89.5 Å². The molecular formula is C32H34N6O3S2. The van der Waals surface area contributed by atoms with Gasteiger partial charge in [-0.1, -0.05) is 54.2 Å². The van der Waals surface area contributed by atoms with Crippen molar-refractivity contribution in [2.24, 2.45) is 4.99 Å². The highest BCUT2D eigenvalue weighted by Crippen LogP contribution is 2.50. The number of anilines is 3. The van der Waals surface area contributed by atoms with Gasteiger partial charge in [0, 0.05) is 37.3 Å². The summed E-state index contributed by atoms with van der Waals surface area (Å²) in [5, 5.41) is 7.90. The van der Waals surface area contributed by atoms with Gasteiger partial charge in [-0.25, -0.2) is 4.99 Å². The highest BCUT2D eigenvalue weighted by molar-refractivity contribution is 8.19. The van der Waals surface area contributed by atoms with Gasteiger partial charge < -0.3 is 20.3 Å². The van der Waals surface area contributed by atoms with Gasteiger partial charge in [0.05, 0.1) is 48.4 Å². The van der Waals surface area contributed by atoms with Gasteiger partial charge in [0.2, 0.25) is 5.91 Å². The second-order valence-electron chi connectivity index (χ2n) is 10.3. The first-order chi connectivity index (χ1) is 21.0. The van der Waals surface area contributed by atoms with Gasteiger partial charge in [0.15, 0.2) is 5.17 Å². The highest BCUT2D eigenvalue weighted by Gasteiger charge is 2.39. The fraction of sp³-hybridized carbons (Fsp3) is 0.281. The zero-order valence-electron chi connectivity index (χ0n) is 24.2. The van der Waals surface area contributed by atoms with Crippen LogP contribution in [0.2, 0.25) is 0 Å². The van der Waals surface area contributed by atoms with Crippen LogP contribution in [0.1, 0.15) is 12.5 Å². The number of amidine groups is 1. The number of para-hydroxylation sites is 1. The van der Waals surface area contributed by atoms with E-state index in [1.165, 1.54) is 11.8 Å². The lowest BCUT2D eigenvalue weighted by molar-refractivity contribution is -0.122. The van der Waals surface area contributed by atoms with E-state index in [9.17, 15) is 9.59 Å². The third-order valence-electron chi connectivity index (χ3n) is 7.32. The zero-order valence-corrected chi connectivity index (χ0v) is 25.8. The van der Waals surface area contributed by atoms with Crippen LogP contribution < -0.4 is 15.5 Å². The largest absolute Gasteiger partial charge is 0.384 e. The van der Waals surface area contributed by atoms with Gasteiger partial charge in [-0.3, -0.25) is 19.4 Å². The summed E-state index contributed by atoms with van der Waals surface area (Å²) in [7, 11) is 2.00. The molecule has 6 rings (SSSR count). The van der Waals surface area contributed by atoms with Crippen molar-refractivity contribution in [2.45, 2.75) is 18.4 Å². The Hall–Kier alpha value is -3.77. The molecule has 0 aliphatic carbocycles. The number of rotatable bonds is 8. The molecule has 222 valence electrons. The molecule has 0 unspecified atom stereocenters. The fourth-order valence-electron chi connectivity index (χ4n) is 5.13. The number of hydrogen-bond acceptors (Lipinski definition) is 9. The standard InChI is InChI=1S/C32H34N6O3S2/c1-3-33-24-14-13-23(34-28(39)21-37-15-17-41-18-16-37)19-25(24)35-32-38(20-22-9-5-4-6-10-22)30(40)29(43-32)31-36(2)26-11-7-8-12-27(26)42-31/h4-14,19,33H,3,15-18,20-21H2,1-2H3,(H,34,39)/b31-29-,35-32-. The number of nitrogens with zero attached hydrogens (tertiary/aromatic N) is 4. The van der Waals surface area contributed by atoms with Crippen LogP contribution in [0.5, 0.6) is 0 Å². The first kappa shape index (κ1) is 29.3. The smallest absolute Gasteiger partial charge is 0.269 e. The summed E-state index contributed by atoms with van der Waals surface area (Å²) in [5.74, 6) is -0.157. The Morgan fingerprint density at radius 2 is 1.77 bits per heavy atom. The van der Waals surface area contributed by atoms with Crippen molar-refractivity contribution in [2.75, 3.05) is 62.0 Å². The number of carbonyl (C=O) groups excluding carboxylic acids is 2. The van der Waals surface area contributed by atoms with Crippen LogP contribution in [0.25, 0.3) is 0 Å². The predicted octanol–water partition coefficient (Wildman–Crippen LogP) is 5.56. The maximum absolute atomic E-state index is 14.0. The molecule has 3 aromatic rings. The molecule has 3 aromatic carbocycles. The Morgan fingerprint density at radius 3 is 2.53 bits per heavy atom. The summed E-state index contributed by atoms with van der Waals surface area (Å²) in [6.45, 7) is 6.20. The third kappa shape index (κ3) is 6.59. The number of ether oxygens (including phenoxy) is 1. The van der Waals surface area contributed by atoms with E-state index in [0.29, 0.717) is 54.3 Å². The minimum atomic E-state index is -0.0827. The second kappa shape index (κ2) is 13.3. The molecule has 3 heterocycles. The Balaban J connectivity index is 1.33. The maximum Gasteiger partial charge on any atom is 0.269 e. The van der Waals surface area contributed by atoms with Crippen molar-refractivity contribution in [3.63, 3.8) is 0 Å². The summed E-state index contributed by atoms with van der Waals surface area (Å²) in [4.78, 5) is 39.6. The highest BCUT2D eigenvalue weighted by atomic mass is 32.2. The monoisotopic (exact) mass is 614 g/mol. The van der Waals surface area contributed by atoms with E-state index in [1.807, 2.05) is 74.6 Å². The van der Waals surface area contributed by atoms with E-state index in [1.54, 1.807) is 16.7 Å². The molecule has 0 aromatic heterocycles. The van der Waals surface area contributed by atoms with Gasteiger partial charge in [-0.15, -0.1) is 0 Å². The molecule has 2 N–H and O–H groups in total. The number of thioether (sulfide) groups is 2. The molecule has 9 nitrogen and oxygen atoms in total. The lowest BCUT2D eigenvalue weighted by atomic mass is 10.2. The van der Waals surface area contributed by atoms with Crippen molar-refractivity contribution >= 4 is 63.3 Å². The first-order valence-electron chi connectivity index (χ1n) is 14.3.